The number of carboxylic acids is 1. The summed E-state index contributed by atoms with van der Waals surface area (Å²) in [5.74, 6) is -7.94. The molecule has 1 unspecified atom stereocenters. The van der Waals surface area contributed by atoms with Gasteiger partial charge in [0.1, 0.15) is 97.2 Å². The number of ether oxygens (including phenoxy) is 15. The van der Waals surface area contributed by atoms with Crippen LogP contribution in [0, 0.1) is 62.6 Å². The normalized spacial score (nSPS) is 46.0. The second kappa shape index (κ2) is 40.0. The number of aliphatic hydroxyl groups excluding tert-OH is 16. The molecule has 0 bridgehead atoms. The molecule has 0 radical (unpaired) electrons. The summed E-state index contributed by atoms with van der Waals surface area (Å²) >= 11 is 0. The Morgan fingerprint density at radius 2 is 1.16 bits per heavy atom. The van der Waals surface area contributed by atoms with Crippen LogP contribution in [0.2, 0.25) is 0 Å². The van der Waals surface area contributed by atoms with Gasteiger partial charge in [0.05, 0.1) is 86.4 Å². The molecule has 0 aromatic heterocycles. The predicted molar refractivity (Wildman–Crippen MR) is 413 cm³/mol. The van der Waals surface area contributed by atoms with Crippen LogP contribution in [-0.4, -0.2) is 345 Å². The highest BCUT2D eigenvalue weighted by Gasteiger charge is 2.71. The van der Waals surface area contributed by atoms with Crippen molar-refractivity contribution < 1.29 is 187 Å². The van der Waals surface area contributed by atoms with E-state index in [0.29, 0.717) is 51.4 Å². The number of hydrogen-bond acceptors (Lipinski definition) is 37. The van der Waals surface area contributed by atoms with E-state index in [1.807, 2.05) is 20.8 Å². The summed E-state index contributed by atoms with van der Waals surface area (Å²) in [6.45, 7) is 19.7. The molecular weight excluding hydrogens is 1620 g/mol. The fourth-order valence-corrected chi connectivity index (χ4v) is 21.8. The molecule has 5 aliphatic carbocycles. The van der Waals surface area contributed by atoms with Crippen LogP contribution in [0.4, 0.5) is 0 Å². The fourth-order valence-electron chi connectivity index (χ4n) is 21.8. The average molecular weight is 1750 g/mol. The molecule has 122 heavy (non-hydrogen) atoms. The number of aldehydes is 1. The quantitative estimate of drug-likeness (QED) is 0.0126. The number of aliphatic carboxylic acids is 1. The Bertz CT molecular complexity index is 3550. The van der Waals surface area contributed by atoms with Crippen molar-refractivity contribution in [2.75, 3.05) is 19.8 Å². The first-order valence-electron chi connectivity index (χ1n) is 43.4. The summed E-state index contributed by atoms with van der Waals surface area (Å²) in [4.78, 5) is 84.9. The van der Waals surface area contributed by atoms with Crippen molar-refractivity contribution in [1.82, 2.24) is 0 Å². The number of aliphatic hydroxyl groups is 16. The average Bonchev–Trinajstić information content (AvgIpc) is 0.739. The predicted octanol–water partition coefficient (Wildman–Crippen LogP) is -1.01. The molecule has 0 aromatic rings. The summed E-state index contributed by atoms with van der Waals surface area (Å²) in [6.07, 6.45) is -48.6. The highest BCUT2D eigenvalue weighted by Crippen LogP contribution is 2.73. The maximum atomic E-state index is 16.1. The molecule has 0 aromatic carbocycles. The lowest BCUT2D eigenvalue weighted by Crippen LogP contribution is -2.68. The Balaban J connectivity index is 0.818. The van der Waals surface area contributed by atoms with Crippen LogP contribution in [0.1, 0.15) is 192 Å². The van der Waals surface area contributed by atoms with Crippen molar-refractivity contribution in [2.45, 2.75) is 395 Å². The molecule has 698 valence electrons. The van der Waals surface area contributed by atoms with Crippen LogP contribution >= 0.6 is 0 Å². The van der Waals surface area contributed by atoms with Crippen LogP contribution in [0.15, 0.2) is 11.6 Å². The lowest BCUT2D eigenvalue weighted by atomic mass is 9.36. The van der Waals surface area contributed by atoms with Crippen molar-refractivity contribution >= 4 is 36.1 Å². The Hall–Kier alpha value is -4.32. The van der Waals surface area contributed by atoms with E-state index < -0.39 is 303 Å². The van der Waals surface area contributed by atoms with Gasteiger partial charge in [-0.15, -0.1) is 0 Å². The van der Waals surface area contributed by atoms with Gasteiger partial charge in [0.2, 0.25) is 6.29 Å². The van der Waals surface area contributed by atoms with Crippen molar-refractivity contribution in [3.8, 4) is 0 Å². The second-order valence-electron chi connectivity index (χ2n) is 38.0. The molecule has 6 saturated heterocycles. The molecule has 38 nitrogen and oxygen atoms in total. The fraction of sp³-hybridized carbons (Fsp3) is 0.905. The number of rotatable bonds is 32. The first kappa shape index (κ1) is 98.3. The van der Waals surface area contributed by atoms with Gasteiger partial charge >= 0.3 is 29.8 Å². The SMILES string of the molecule is CC[C@H](C)[C@H](C[C@H](O)CC(=O)O[C@@H]1[C@H](OC(C)=O)[C@@H](O[C@@H]2O[C@@H](C)C[C@@H](O)[C@H]2O)[C@H](OC(=O)[C@]23CCC(C)(C)C[C@H]2C2=CC[C@@H]4[C@@]5(C)CC[C@H](O[C@@H]6O[C@H](C(=O)O)[C@@H](O)[C@H](O[C@@H]7OC[C@@H](O)[C@H](O)[C@H]7O)[C@H]6O[C@@H]6O[C@H](CO)[C@H](O)[C@H](O)[C@H]6O)[C@@](C)(C=O)[C@@H]5CC[C@@]4(C)C2C[C@H]3O)O[C@@H]1C)OC(=O)C[C@@H](O)C[C@H](O[C@@H]1O[C@@H](CCO)[C@H](O)[C@H]1O)[C@@H](C)CC. The molecule has 6 aliphatic heterocycles. The molecule has 38 heteroatoms. The lowest BCUT2D eigenvalue weighted by Gasteiger charge is -2.68. The smallest absolute Gasteiger partial charge is 0.335 e. The topological polar surface area (TPSA) is 585 Å². The Kier molecular flexibility index (Phi) is 32.2. The molecule has 11 aliphatic rings. The van der Waals surface area contributed by atoms with E-state index in [-0.39, 0.29) is 69.3 Å². The molecule has 11 rings (SSSR count). The summed E-state index contributed by atoms with van der Waals surface area (Å²) in [5, 5.41) is 187. The number of carbonyl (C=O) groups is 6. The standard InChI is InChI=1S/C84H134O38/c1-13-35(3)48(112-55(94)28-41(90)27-49(36(4)14-2)114-75-63(102)59(98)47(113-75)19-24-85)26-40(89)29-56(95)117-66-38(6)110-77(71(69(66)111-39(7)88)121-74-58(97)45(91)25-37(5)109-74)122-79(107)84-23-22-80(8,9)31-44(84)42-15-16-51-81(10,43(42)30-53(84)93)20-17-52-82(51,11)21-18-54(83(52,12)34-87)116-78-70(120-76-64(103)61(100)60(99)50(32-86)115-76)67(65(104)68(119-78)72(105)106)118-73-62(101)57(96)46(92)33-108-73/h15,34-38,40-41,43-54,57-71,73-78,85-86,89-93,96-104H,13-14,16-33H2,1-12H3,(H,105,106)/t35-,36-,37-,38+,40-,41-,43?,44-,45+,46+,47-,48-,49-,50+,51-,52+,53+,54-,57-,58+,59-,60-,61-,62+,63+,64+,65-,66-,67-,68-,69-,70+,71+,73-,74-,75-,76-,77-,78+,81-,82+,83-,84+/m0/s1. The molecule has 6 heterocycles. The number of hydrogen-bond donors (Lipinski definition) is 17. The van der Waals surface area contributed by atoms with E-state index in [9.17, 15) is 111 Å². The van der Waals surface area contributed by atoms with Gasteiger partial charge in [-0.3, -0.25) is 19.2 Å². The Morgan fingerprint density at radius 3 is 1.80 bits per heavy atom. The van der Waals surface area contributed by atoms with Gasteiger partial charge in [0.25, 0.3) is 0 Å². The van der Waals surface area contributed by atoms with E-state index in [0.717, 1.165) is 18.8 Å². The van der Waals surface area contributed by atoms with E-state index in [2.05, 4.69) is 33.8 Å². The zero-order valence-electron chi connectivity index (χ0n) is 71.5. The third-order valence-electron chi connectivity index (χ3n) is 29.3. The zero-order valence-corrected chi connectivity index (χ0v) is 71.5. The Morgan fingerprint density at radius 1 is 0.566 bits per heavy atom. The van der Waals surface area contributed by atoms with Crippen molar-refractivity contribution in [3.63, 3.8) is 0 Å². The van der Waals surface area contributed by atoms with Gasteiger partial charge in [-0.25, -0.2) is 4.79 Å². The highest BCUT2D eigenvalue weighted by molar-refractivity contribution is 5.80. The number of fused-ring (bicyclic) bond motifs is 7. The van der Waals surface area contributed by atoms with Gasteiger partial charge in [0, 0.05) is 32.8 Å². The van der Waals surface area contributed by atoms with Crippen LogP contribution < -0.4 is 0 Å². The van der Waals surface area contributed by atoms with Gasteiger partial charge in [-0.2, -0.15) is 0 Å². The second-order valence-corrected chi connectivity index (χ2v) is 38.0. The maximum absolute atomic E-state index is 16.1. The molecule has 0 spiro atoms. The van der Waals surface area contributed by atoms with Crippen LogP contribution in [0.3, 0.4) is 0 Å². The largest absolute Gasteiger partial charge is 0.479 e. The van der Waals surface area contributed by atoms with Crippen LogP contribution in [0.5, 0.6) is 0 Å². The number of esters is 4. The first-order valence-corrected chi connectivity index (χ1v) is 43.4. The summed E-state index contributed by atoms with van der Waals surface area (Å²) in [5.41, 5.74) is -4.02. The third-order valence-corrected chi connectivity index (χ3v) is 29.3. The van der Waals surface area contributed by atoms with Crippen molar-refractivity contribution in [2.24, 2.45) is 62.6 Å². The monoisotopic (exact) mass is 1750 g/mol. The molecule has 43 atom stereocenters. The van der Waals surface area contributed by atoms with Gasteiger partial charge in [0.15, 0.2) is 55.9 Å². The molecule has 17 N–H and O–H groups in total. The maximum Gasteiger partial charge on any atom is 0.335 e. The summed E-state index contributed by atoms with van der Waals surface area (Å²) in [6, 6.07) is 0. The molecule has 10 fully saturated rings. The highest BCUT2D eigenvalue weighted by atomic mass is 16.8. The van der Waals surface area contributed by atoms with Gasteiger partial charge in [-0.05, 0) is 130 Å². The molecular formula is C84H134O38. The van der Waals surface area contributed by atoms with E-state index >= 15 is 4.79 Å². The number of allylic oxidation sites excluding steroid dienone is 2. The van der Waals surface area contributed by atoms with E-state index in [1.165, 1.54) is 6.92 Å². The summed E-state index contributed by atoms with van der Waals surface area (Å²) in [7, 11) is 0. The zero-order chi connectivity index (χ0) is 89.6. The van der Waals surface area contributed by atoms with Crippen LogP contribution in [-0.2, 0) is 99.8 Å². The lowest BCUT2D eigenvalue weighted by molar-refractivity contribution is -0.391. The van der Waals surface area contributed by atoms with E-state index in [4.69, 9.17) is 71.1 Å². The van der Waals surface area contributed by atoms with Crippen molar-refractivity contribution in [3.05, 3.63) is 11.6 Å². The Labute approximate surface area is 708 Å². The number of carbonyl (C=O) groups excluding carboxylic acids is 5. The van der Waals surface area contributed by atoms with Gasteiger partial charge in [-0.1, -0.05) is 86.8 Å². The van der Waals surface area contributed by atoms with Crippen LogP contribution in [0.25, 0.3) is 0 Å². The van der Waals surface area contributed by atoms with Gasteiger partial charge < -0.3 is 163 Å². The molecule has 4 saturated carbocycles. The number of carboxylic acid groups (broad SMARTS) is 1. The third kappa shape index (κ3) is 20.0. The minimum atomic E-state index is -2.23. The first-order chi connectivity index (χ1) is 57.3. The minimum Gasteiger partial charge on any atom is -0.479 e. The molecule has 0 amide bonds. The summed E-state index contributed by atoms with van der Waals surface area (Å²) < 4.78 is 91.7. The van der Waals surface area contributed by atoms with E-state index in [1.54, 1.807) is 20.8 Å². The van der Waals surface area contributed by atoms with Crippen molar-refractivity contribution in [1.29, 1.82) is 0 Å². The minimum absolute atomic E-state index is 0.0300.